The number of amides is 9. The average Bonchev–Trinajstić information content (AvgIpc) is 0.832. The summed E-state index contributed by atoms with van der Waals surface area (Å²) in [4.78, 5) is 179. The number of carbonyl (C=O) groups excluding carboxylic acids is 9. The summed E-state index contributed by atoms with van der Waals surface area (Å²) in [6, 6.07) is 15.0. The Morgan fingerprint density at radius 2 is 1.28 bits per heavy atom. The molecule has 5 aromatic rings. The van der Waals surface area contributed by atoms with Crippen LogP contribution in [-0.4, -0.2) is 190 Å². The summed E-state index contributed by atoms with van der Waals surface area (Å²) >= 11 is 0. The van der Waals surface area contributed by atoms with Gasteiger partial charge in [-0.2, -0.15) is 0 Å². The van der Waals surface area contributed by atoms with Crippen molar-refractivity contribution in [3.63, 3.8) is 0 Å². The molecule has 0 bridgehead atoms. The number of nitro benzene ring substituents is 2. The number of ether oxygens (including phenoxy) is 1. The summed E-state index contributed by atoms with van der Waals surface area (Å²) < 4.78 is 10.6. The number of hydrogen-bond donors (Lipinski definition) is 12. The van der Waals surface area contributed by atoms with E-state index in [2.05, 4.69) is 47.5 Å². The second kappa shape index (κ2) is 36.7. The number of nitro groups is 2. The van der Waals surface area contributed by atoms with Crippen molar-refractivity contribution in [2.24, 2.45) is 16.5 Å². The average molecular weight is 1390 g/mol. The summed E-state index contributed by atoms with van der Waals surface area (Å²) in [5.74, 6) is -8.34. The van der Waals surface area contributed by atoms with Crippen LogP contribution in [0, 0.1) is 20.2 Å². The van der Waals surface area contributed by atoms with Gasteiger partial charge in [0.1, 0.15) is 65.4 Å². The Labute approximate surface area is 572 Å². The van der Waals surface area contributed by atoms with Gasteiger partial charge in [0.2, 0.25) is 53.2 Å². The van der Waals surface area contributed by atoms with Crippen molar-refractivity contribution in [1.82, 2.24) is 47.0 Å². The number of methoxy groups -OCH3 is 1. The normalized spacial score (nSPS) is 15.8. The third kappa shape index (κ3) is 21.7. The van der Waals surface area contributed by atoms with Crippen LogP contribution in [0.2, 0.25) is 0 Å². The molecule has 0 spiro atoms. The first-order valence-corrected chi connectivity index (χ1v) is 32.3. The summed E-state index contributed by atoms with van der Waals surface area (Å²) in [7, 11) is 1.44. The topological polar surface area (TPSA) is 504 Å². The Balaban J connectivity index is 0.937. The van der Waals surface area contributed by atoms with Crippen molar-refractivity contribution in [1.29, 1.82) is 0 Å². The zero-order valence-electron chi connectivity index (χ0n) is 54.9. The molecule has 8 atom stereocenters. The molecule has 8 unspecified atom stereocenters. The number of non-ortho nitro benzene ring substituents is 1. The highest BCUT2D eigenvalue weighted by atomic mass is 16.6. The lowest BCUT2D eigenvalue weighted by atomic mass is 10.0. The molecule has 7 rings (SSSR count). The third-order valence-electron chi connectivity index (χ3n) is 16.7. The number of aliphatic imine (C=N–C) groups is 1. The van der Waals surface area contributed by atoms with E-state index in [0.29, 0.717) is 40.7 Å². The molecule has 100 heavy (non-hydrogen) atoms. The van der Waals surface area contributed by atoms with Crippen LogP contribution in [0.1, 0.15) is 81.4 Å². The Hall–Kier alpha value is -11.6. The first-order valence-electron chi connectivity index (χ1n) is 32.3. The van der Waals surface area contributed by atoms with Crippen LogP contribution in [0.4, 0.5) is 17.1 Å². The molecule has 2 aliphatic heterocycles. The van der Waals surface area contributed by atoms with Crippen molar-refractivity contribution >= 4 is 93.1 Å². The van der Waals surface area contributed by atoms with E-state index >= 15 is 0 Å². The number of likely N-dealkylation sites (tertiary alicyclic amines) is 2. The van der Waals surface area contributed by atoms with E-state index in [4.69, 9.17) is 20.6 Å². The van der Waals surface area contributed by atoms with Crippen molar-refractivity contribution in [3.05, 3.63) is 150 Å². The molecule has 2 aliphatic rings. The minimum Gasteiger partial charge on any atom is -0.497 e. The summed E-state index contributed by atoms with van der Waals surface area (Å²) in [5, 5.41) is 64.1. The van der Waals surface area contributed by atoms with E-state index in [1.807, 2.05) is 0 Å². The van der Waals surface area contributed by atoms with Gasteiger partial charge in [0.15, 0.2) is 5.96 Å². The first kappa shape index (κ1) is 75.8. The fraction of sp³-hybridized carbons (Fsp3) is 0.424. The number of benzene rings is 4. The van der Waals surface area contributed by atoms with Gasteiger partial charge in [0, 0.05) is 62.6 Å². The molecule has 4 aromatic carbocycles. The second-order valence-electron chi connectivity index (χ2n) is 23.9. The van der Waals surface area contributed by atoms with E-state index in [1.165, 1.54) is 42.0 Å². The van der Waals surface area contributed by atoms with Crippen LogP contribution in [0.5, 0.6) is 5.75 Å². The molecule has 2 fully saturated rings. The van der Waals surface area contributed by atoms with Gasteiger partial charge in [-0.15, -0.1) is 0 Å². The summed E-state index contributed by atoms with van der Waals surface area (Å²) in [6.07, 6.45) is 1.20. The molecule has 1 aromatic heterocycles. The molecule has 9 amide bonds. The number of nitrogens with zero attached hydrogens (tertiary/aromatic N) is 5. The number of carboxylic acid groups (broad SMARTS) is 1. The maximum Gasteiger partial charge on any atom is 0.336 e. The third-order valence-corrected chi connectivity index (χ3v) is 16.7. The molecular formula is C66H81N15O19. The molecule has 0 aliphatic carbocycles. The number of nitrogens with one attached hydrogen (secondary N) is 8. The van der Waals surface area contributed by atoms with Gasteiger partial charge in [-0.3, -0.25) is 68.4 Å². The minimum absolute atomic E-state index is 0.000405. The van der Waals surface area contributed by atoms with Crippen molar-refractivity contribution < 1.29 is 77.2 Å². The van der Waals surface area contributed by atoms with Crippen molar-refractivity contribution in [3.8, 4) is 5.75 Å². The largest absolute Gasteiger partial charge is 0.497 e. The number of rotatable bonds is 36. The number of carbonyl (C=O) groups is 10. The number of guanidine groups is 1. The predicted molar refractivity (Wildman–Crippen MR) is 359 cm³/mol. The van der Waals surface area contributed by atoms with Crippen molar-refractivity contribution in [2.75, 3.05) is 51.8 Å². The molecule has 34 nitrogen and oxygen atoms in total. The number of nitrogens with two attached hydrogens (primary N) is 2. The van der Waals surface area contributed by atoms with E-state index < -0.39 is 147 Å². The SMILES string of the molecule is COc1ccc2c(CC(=O)NC(CCCN=C(N)N)C(=O)N3CCCC3C(=O)N3CCCC3C(=O)NCC(=O)NC(Cc3ccccc3)C(=O)NC(CO)C(=O)NC(C)C(=O)NC(Cc3ccccc3)C(=O)NC(CCCCNc3ccc([N+](=O)[O-])cc3[N+](=O)[O-])C(=O)O)cc(=O)oc2c1. The van der Waals surface area contributed by atoms with Crippen LogP contribution in [0.25, 0.3) is 11.0 Å². The van der Waals surface area contributed by atoms with Gasteiger partial charge in [-0.05, 0) is 99.6 Å². The number of anilines is 1. The van der Waals surface area contributed by atoms with Gasteiger partial charge in [-0.1, -0.05) is 60.7 Å². The number of fused-ring (bicyclic) bond motifs is 1. The molecular weight excluding hydrogens is 1310 g/mol. The molecule has 34 heteroatoms. The Bertz CT molecular complexity index is 3890. The fourth-order valence-corrected chi connectivity index (χ4v) is 11.6. The number of aliphatic hydroxyl groups is 1. The predicted octanol–water partition coefficient (Wildman–Crippen LogP) is 0.0857. The quantitative estimate of drug-likeness (QED) is 0.00631. The van der Waals surface area contributed by atoms with Crippen LogP contribution >= 0.6 is 0 Å². The van der Waals surface area contributed by atoms with Gasteiger partial charge >= 0.3 is 11.6 Å². The van der Waals surface area contributed by atoms with E-state index in [9.17, 15) is 83.2 Å². The summed E-state index contributed by atoms with van der Waals surface area (Å²) in [5.41, 5.74) is 10.9. The van der Waals surface area contributed by atoms with Crippen LogP contribution < -0.4 is 64.4 Å². The van der Waals surface area contributed by atoms with Gasteiger partial charge < -0.3 is 83.2 Å². The lowest BCUT2D eigenvalue weighted by Crippen LogP contribution is -2.59. The second-order valence-corrected chi connectivity index (χ2v) is 23.9. The van der Waals surface area contributed by atoms with Gasteiger partial charge in [0.25, 0.3) is 11.4 Å². The highest BCUT2D eigenvalue weighted by Gasteiger charge is 2.44. The molecule has 0 radical (unpaired) electrons. The molecule has 534 valence electrons. The van der Waals surface area contributed by atoms with Crippen LogP contribution in [0.15, 0.2) is 117 Å². The van der Waals surface area contributed by atoms with E-state index in [0.717, 1.165) is 12.1 Å². The van der Waals surface area contributed by atoms with Gasteiger partial charge in [-0.25, -0.2) is 9.59 Å². The smallest absolute Gasteiger partial charge is 0.336 e. The molecule has 14 N–H and O–H groups in total. The highest BCUT2D eigenvalue weighted by Crippen LogP contribution is 2.30. The zero-order valence-corrected chi connectivity index (χ0v) is 54.9. The minimum atomic E-state index is -1.73. The maximum absolute atomic E-state index is 14.5. The molecule has 0 saturated carbocycles. The van der Waals surface area contributed by atoms with Crippen LogP contribution in [-0.2, 0) is 67.2 Å². The summed E-state index contributed by atoms with van der Waals surface area (Å²) in [6.45, 7) is 0.0260. The molecule has 3 heterocycles. The zero-order chi connectivity index (χ0) is 72.6. The lowest BCUT2D eigenvalue weighted by molar-refractivity contribution is -0.393. The number of aliphatic hydroxyl groups excluding tert-OH is 1. The monoisotopic (exact) mass is 1390 g/mol. The highest BCUT2D eigenvalue weighted by molar-refractivity contribution is 5.99. The number of carboxylic acids is 1. The first-order chi connectivity index (χ1) is 47.8. The maximum atomic E-state index is 14.5. The number of aliphatic carboxylic acids is 1. The Morgan fingerprint density at radius 1 is 0.680 bits per heavy atom. The van der Waals surface area contributed by atoms with E-state index in [1.54, 1.807) is 72.8 Å². The standard InChI is InChI=1S/C66H81N15O19/c1-38(58(86)76-49(31-40-16-7-4-8-17-40)60(88)75-47(65(93)94)18-9-10-26-69-45-25-22-42(80(95)96)34-53(45)81(97)98)72-61(89)50(37-82)77-59(87)48(30-39-14-5-3-6-15-39)74-56(84)36-71-62(90)51-20-12-28-78(51)64(92)52-21-13-29-79(52)63(91)46(19-11-27-70-66(67)68)73-55(83)32-41-33-57(85)100-54-35-43(99-2)23-24-44(41)54/h3-8,14-17,22-25,33-35,38,46-52,69,82H,9-13,18-21,26-32,36-37H2,1-2H3,(H,71,90)(H,72,89)(H,73,83)(H,74,84)(H,75,88)(H,76,86)(H,77,87)(H,93,94)(H4,67,68,70). The van der Waals surface area contributed by atoms with E-state index in [-0.39, 0.29) is 108 Å². The Kier molecular flexibility index (Phi) is 27.8. The number of unbranched alkanes of at least 4 members (excludes halogenated alkanes) is 1. The number of hydrogen-bond acceptors (Lipinski definition) is 20. The van der Waals surface area contributed by atoms with Crippen LogP contribution in [0.3, 0.4) is 0 Å². The van der Waals surface area contributed by atoms with Crippen molar-refractivity contribution in [2.45, 2.75) is 132 Å². The molecule has 2 saturated heterocycles. The van der Waals surface area contributed by atoms with Gasteiger partial charge in [0.05, 0.1) is 42.6 Å². The Morgan fingerprint density at radius 3 is 1.90 bits per heavy atom. The lowest BCUT2D eigenvalue weighted by Gasteiger charge is -2.33. The fourth-order valence-electron chi connectivity index (χ4n) is 11.6.